The summed E-state index contributed by atoms with van der Waals surface area (Å²) in [7, 11) is 0. The molecule has 0 amide bonds. The van der Waals surface area contributed by atoms with Gasteiger partial charge in [-0.2, -0.15) is 0 Å². The molecule has 2 unspecified atom stereocenters. The lowest BCUT2D eigenvalue weighted by Gasteiger charge is -2.21. The smallest absolute Gasteiger partial charge is 0.0944 e. The average molecular weight is 318 g/mol. The van der Waals surface area contributed by atoms with Crippen LogP contribution in [-0.2, 0) is 11.8 Å². The highest BCUT2D eigenvalue weighted by atomic mass is 35.5. The summed E-state index contributed by atoms with van der Waals surface area (Å²) < 4.78 is 0. The number of aliphatic hydroxyl groups is 1. The lowest BCUT2D eigenvalue weighted by molar-refractivity contribution is 0.146. The molecule has 0 bridgehead atoms. The first-order chi connectivity index (χ1) is 10.3. The highest BCUT2D eigenvalue weighted by molar-refractivity contribution is 6.30. The van der Waals surface area contributed by atoms with E-state index in [1.54, 1.807) is 12.1 Å². The monoisotopic (exact) mass is 317 g/mol. The first kappa shape index (κ1) is 17.0. The molecule has 0 saturated carbocycles. The molecule has 0 radical (unpaired) electrons. The standard InChI is InChI=1S/C19H24ClNO/c1-19(2,3)15-9-7-13(8-10-15)11-17(21)18(22)14-5-4-6-16(20)12-14/h4-10,12,17-18,22H,11,21H2,1-3H3. The molecule has 0 spiro atoms. The number of nitrogens with two attached hydrogens (primary N) is 1. The van der Waals surface area contributed by atoms with Crippen LogP contribution in [0.1, 0.15) is 43.6 Å². The van der Waals surface area contributed by atoms with E-state index in [0.29, 0.717) is 11.4 Å². The van der Waals surface area contributed by atoms with E-state index >= 15 is 0 Å². The van der Waals surface area contributed by atoms with Crippen LogP contribution >= 0.6 is 11.6 Å². The van der Waals surface area contributed by atoms with Crippen molar-refractivity contribution in [2.24, 2.45) is 5.73 Å². The molecular formula is C19H24ClNO. The normalized spacial score (nSPS) is 14.6. The van der Waals surface area contributed by atoms with Gasteiger partial charge in [-0.05, 0) is 40.7 Å². The fourth-order valence-corrected chi connectivity index (χ4v) is 2.66. The second-order valence-corrected chi connectivity index (χ2v) is 7.25. The molecule has 2 nitrogen and oxygen atoms in total. The number of benzene rings is 2. The van der Waals surface area contributed by atoms with E-state index in [0.717, 1.165) is 11.1 Å². The molecule has 2 aromatic rings. The van der Waals surface area contributed by atoms with Crippen molar-refractivity contribution >= 4 is 11.6 Å². The van der Waals surface area contributed by atoms with E-state index in [-0.39, 0.29) is 11.5 Å². The Hall–Kier alpha value is -1.35. The molecule has 22 heavy (non-hydrogen) atoms. The predicted octanol–water partition coefficient (Wildman–Crippen LogP) is 4.24. The van der Waals surface area contributed by atoms with Crippen LogP contribution in [0.2, 0.25) is 5.02 Å². The van der Waals surface area contributed by atoms with Crippen LogP contribution in [0.25, 0.3) is 0 Å². The van der Waals surface area contributed by atoms with Gasteiger partial charge < -0.3 is 10.8 Å². The molecule has 3 N–H and O–H groups in total. The molecule has 0 aliphatic heterocycles. The summed E-state index contributed by atoms with van der Waals surface area (Å²) in [4.78, 5) is 0. The molecule has 0 aromatic heterocycles. The molecule has 0 aliphatic carbocycles. The molecule has 118 valence electrons. The van der Waals surface area contributed by atoms with Gasteiger partial charge in [-0.3, -0.25) is 0 Å². The van der Waals surface area contributed by atoms with E-state index in [9.17, 15) is 5.11 Å². The van der Waals surface area contributed by atoms with Crippen molar-refractivity contribution < 1.29 is 5.11 Å². The van der Waals surface area contributed by atoms with Crippen molar-refractivity contribution in [2.75, 3.05) is 0 Å². The Morgan fingerprint density at radius 1 is 1.09 bits per heavy atom. The van der Waals surface area contributed by atoms with Gasteiger partial charge in [0.2, 0.25) is 0 Å². The average Bonchev–Trinajstić information content (AvgIpc) is 2.46. The lowest BCUT2D eigenvalue weighted by Crippen LogP contribution is -2.30. The first-order valence-electron chi connectivity index (χ1n) is 7.56. The summed E-state index contributed by atoms with van der Waals surface area (Å²) in [5.74, 6) is 0. The van der Waals surface area contributed by atoms with Gasteiger partial charge in [0, 0.05) is 11.1 Å². The highest BCUT2D eigenvalue weighted by Gasteiger charge is 2.18. The minimum Gasteiger partial charge on any atom is -0.387 e. The minimum atomic E-state index is -0.721. The van der Waals surface area contributed by atoms with Crippen LogP contribution in [-0.4, -0.2) is 11.1 Å². The molecule has 0 saturated heterocycles. The molecule has 0 heterocycles. The predicted molar refractivity (Wildman–Crippen MR) is 93.2 cm³/mol. The quantitative estimate of drug-likeness (QED) is 0.886. The van der Waals surface area contributed by atoms with E-state index in [1.807, 2.05) is 12.1 Å². The topological polar surface area (TPSA) is 46.2 Å². The Balaban J connectivity index is 2.06. The van der Waals surface area contributed by atoms with Gasteiger partial charge in [-0.25, -0.2) is 0 Å². The maximum atomic E-state index is 10.4. The number of hydrogen-bond donors (Lipinski definition) is 2. The van der Waals surface area contributed by atoms with Crippen LogP contribution in [0.4, 0.5) is 0 Å². The summed E-state index contributed by atoms with van der Waals surface area (Å²) in [6.07, 6.45) is -0.0982. The third-order valence-corrected chi connectivity index (χ3v) is 4.12. The van der Waals surface area contributed by atoms with Gasteiger partial charge in [0.05, 0.1) is 6.10 Å². The SMILES string of the molecule is CC(C)(C)c1ccc(CC(N)C(O)c2cccc(Cl)c2)cc1. The van der Waals surface area contributed by atoms with Crippen molar-refractivity contribution in [2.45, 2.75) is 44.8 Å². The van der Waals surface area contributed by atoms with Gasteiger partial charge in [0.1, 0.15) is 0 Å². The zero-order valence-corrected chi connectivity index (χ0v) is 14.1. The Bertz CT molecular complexity index is 616. The third kappa shape index (κ3) is 4.33. The Labute approximate surface area is 137 Å². The van der Waals surface area contributed by atoms with Gasteiger partial charge in [0.25, 0.3) is 0 Å². The number of hydrogen-bond acceptors (Lipinski definition) is 2. The highest BCUT2D eigenvalue weighted by Crippen LogP contribution is 2.24. The van der Waals surface area contributed by atoms with E-state index < -0.39 is 6.10 Å². The first-order valence-corrected chi connectivity index (χ1v) is 7.94. The van der Waals surface area contributed by atoms with Crippen molar-refractivity contribution in [1.29, 1.82) is 0 Å². The Morgan fingerprint density at radius 2 is 1.73 bits per heavy atom. The van der Waals surface area contributed by atoms with E-state index in [2.05, 4.69) is 45.0 Å². The van der Waals surface area contributed by atoms with Gasteiger partial charge in [-0.1, -0.05) is 68.8 Å². The number of rotatable bonds is 4. The van der Waals surface area contributed by atoms with Crippen LogP contribution in [0.3, 0.4) is 0 Å². The number of halogens is 1. The second kappa shape index (κ2) is 6.82. The minimum absolute atomic E-state index is 0.140. The largest absolute Gasteiger partial charge is 0.387 e. The summed E-state index contributed by atoms with van der Waals surface area (Å²) in [6, 6.07) is 15.3. The fraction of sp³-hybridized carbons (Fsp3) is 0.368. The summed E-state index contributed by atoms with van der Waals surface area (Å²) >= 11 is 5.96. The number of aliphatic hydroxyl groups excluding tert-OH is 1. The molecular weight excluding hydrogens is 294 g/mol. The summed E-state index contributed by atoms with van der Waals surface area (Å²) in [5, 5.41) is 11.0. The van der Waals surface area contributed by atoms with E-state index in [1.165, 1.54) is 5.56 Å². The molecule has 2 aromatic carbocycles. The lowest BCUT2D eigenvalue weighted by atomic mass is 9.86. The molecule has 3 heteroatoms. The van der Waals surface area contributed by atoms with Crippen molar-refractivity contribution in [1.82, 2.24) is 0 Å². The van der Waals surface area contributed by atoms with Crippen LogP contribution < -0.4 is 5.73 Å². The van der Waals surface area contributed by atoms with Gasteiger partial charge in [0.15, 0.2) is 0 Å². The van der Waals surface area contributed by atoms with Crippen LogP contribution in [0.5, 0.6) is 0 Å². The zero-order valence-electron chi connectivity index (χ0n) is 13.4. The molecule has 2 rings (SSSR count). The zero-order chi connectivity index (χ0) is 16.3. The maximum absolute atomic E-state index is 10.4. The fourth-order valence-electron chi connectivity index (χ4n) is 2.46. The second-order valence-electron chi connectivity index (χ2n) is 6.81. The summed E-state index contributed by atoms with van der Waals surface area (Å²) in [5.41, 5.74) is 9.48. The van der Waals surface area contributed by atoms with Crippen molar-refractivity contribution in [3.63, 3.8) is 0 Å². The molecule has 0 fully saturated rings. The summed E-state index contributed by atoms with van der Waals surface area (Å²) in [6.45, 7) is 6.57. The van der Waals surface area contributed by atoms with Crippen molar-refractivity contribution in [3.8, 4) is 0 Å². The van der Waals surface area contributed by atoms with Crippen LogP contribution in [0.15, 0.2) is 48.5 Å². The van der Waals surface area contributed by atoms with E-state index in [4.69, 9.17) is 17.3 Å². The maximum Gasteiger partial charge on any atom is 0.0944 e. The van der Waals surface area contributed by atoms with Crippen LogP contribution in [0, 0.1) is 0 Å². The Kier molecular flexibility index (Phi) is 5.28. The third-order valence-electron chi connectivity index (χ3n) is 3.89. The van der Waals surface area contributed by atoms with Gasteiger partial charge in [-0.15, -0.1) is 0 Å². The van der Waals surface area contributed by atoms with Gasteiger partial charge >= 0.3 is 0 Å². The Morgan fingerprint density at radius 3 is 2.27 bits per heavy atom. The van der Waals surface area contributed by atoms with Crippen molar-refractivity contribution in [3.05, 3.63) is 70.2 Å². The molecule has 0 aliphatic rings. The molecule has 2 atom stereocenters.